The van der Waals surface area contributed by atoms with Gasteiger partial charge >= 0.3 is 0 Å². The van der Waals surface area contributed by atoms with Gasteiger partial charge in [-0.2, -0.15) is 0 Å². The summed E-state index contributed by atoms with van der Waals surface area (Å²) in [6.45, 7) is 8.33. The minimum Gasteiger partial charge on any atom is -0.311 e. The maximum absolute atomic E-state index is 13.8. The van der Waals surface area contributed by atoms with E-state index in [-0.39, 0.29) is 11.1 Å². The lowest BCUT2D eigenvalue weighted by atomic mass is 9.91. The van der Waals surface area contributed by atoms with Crippen molar-refractivity contribution < 1.29 is 8.78 Å². The summed E-state index contributed by atoms with van der Waals surface area (Å²) in [5.74, 6) is -0.908. The molecule has 19 heavy (non-hydrogen) atoms. The Hall–Kier alpha value is -1.00. The maximum atomic E-state index is 13.8. The van der Waals surface area contributed by atoms with Gasteiger partial charge in [0.05, 0.1) is 0 Å². The van der Waals surface area contributed by atoms with Crippen LogP contribution in [-0.2, 0) is 6.54 Å². The molecule has 2 nitrogen and oxygen atoms in total. The highest BCUT2D eigenvalue weighted by atomic mass is 19.1. The van der Waals surface area contributed by atoms with Crippen LogP contribution in [0.1, 0.15) is 32.8 Å². The average molecular weight is 268 g/mol. The Balaban J connectivity index is 2.24. The molecule has 1 aromatic carbocycles. The highest BCUT2D eigenvalue weighted by Crippen LogP contribution is 2.26. The predicted octanol–water partition coefficient (Wildman–Crippen LogP) is 2.93. The highest BCUT2D eigenvalue weighted by Gasteiger charge is 2.35. The van der Waals surface area contributed by atoms with Crippen LogP contribution in [0.2, 0.25) is 0 Å². The first-order chi connectivity index (χ1) is 8.96. The molecule has 0 saturated carbocycles. The fraction of sp³-hybridized carbons (Fsp3) is 0.600. The van der Waals surface area contributed by atoms with E-state index in [9.17, 15) is 8.78 Å². The van der Waals surface area contributed by atoms with E-state index in [0.717, 1.165) is 19.5 Å². The van der Waals surface area contributed by atoms with E-state index in [0.29, 0.717) is 12.6 Å². The van der Waals surface area contributed by atoms with E-state index in [1.165, 1.54) is 18.2 Å². The molecule has 1 aliphatic heterocycles. The van der Waals surface area contributed by atoms with Gasteiger partial charge in [-0.05, 0) is 32.4 Å². The van der Waals surface area contributed by atoms with E-state index in [1.54, 1.807) is 0 Å². The molecule has 1 heterocycles. The molecule has 2 rings (SSSR count). The zero-order chi connectivity index (χ0) is 14.0. The number of nitrogens with one attached hydrogen (secondary N) is 1. The quantitative estimate of drug-likeness (QED) is 0.906. The molecule has 0 bridgehead atoms. The third kappa shape index (κ3) is 2.95. The zero-order valence-corrected chi connectivity index (χ0v) is 11.8. The SMILES string of the molecule is CCC1(C)CNC(C)CN1Cc1c(F)cccc1F. The van der Waals surface area contributed by atoms with Crippen LogP contribution in [0.25, 0.3) is 0 Å². The van der Waals surface area contributed by atoms with E-state index in [1.807, 2.05) is 0 Å². The number of nitrogens with zero attached hydrogens (tertiary/aromatic N) is 1. The zero-order valence-electron chi connectivity index (χ0n) is 11.8. The van der Waals surface area contributed by atoms with Crippen LogP contribution in [0, 0.1) is 11.6 Å². The lowest BCUT2D eigenvalue weighted by Crippen LogP contribution is -2.61. The molecule has 1 saturated heterocycles. The highest BCUT2D eigenvalue weighted by molar-refractivity contribution is 5.20. The normalized spacial score (nSPS) is 28.6. The van der Waals surface area contributed by atoms with Crippen LogP contribution in [0.15, 0.2) is 18.2 Å². The third-order valence-corrected chi connectivity index (χ3v) is 4.26. The molecule has 1 N–H and O–H groups in total. The fourth-order valence-electron chi connectivity index (χ4n) is 2.60. The van der Waals surface area contributed by atoms with Gasteiger partial charge in [-0.3, -0.25) is 4.90 Å². The topological polar surface area (TPSA) is 15.3 Å². The van der Waals surface area contributed by atoms with Gasteiger partial charge in [0.25, 0.3) is 0 Å². The van der Waals surface area contributed by atoms with Crippen molar-refractivity contribution in [2.75, 3.05) is 13.1 Å². The van der Waals surface area contributed by atoms with Gasteiger partial charge in [0.2, 0.25) is 0 Å². The van der Waals surface area contributed by atoms with Crippen molar-refractivity contribution in [1.29, 1.82) is 0 Å². The molecule has 0 amide bonds. The predicted molar refractivity (Wildman–Crippen MR) is 72.9 cm³/mol. The van der Waals surface area contributed by atoms with E-state index >= 15 is 0 Å². The van der Waals surface area contributed by atoms with Gasteiger partial charge in [-0.1, -0.05) is 13.0 Å². The molecular weight excluding hydrogens is 246 g/mol. The molecule has 1 aliphatic rings. The molecule has 0 spiro atoms. The Labute approximate surface area is 113 Å². The van der Waals surface area contributed by atoms with Gasteiger partial charge in [0.15, 0.2) is 0 Å². The van der Waals surface area contributed by atoms with E-state index in [2.05, 4.69) is 31.0 Å². The molecule has 0 aromatic heterocycles. The molecular formula is C15H22F2N2. The minimum absolute atomic E-state index is 0.0543. The van der Waals surface area contributed by atoms with Gasteiger partial charge < -0.3 is 5.32 Å². The lowest BCUT2D eigenvalue weighted by Gasteiger charge is -2.47. The number of piperazine rings is 1. The first kappa shape index (κ1) is 14.4. The van der Waals surface area contributed by atoms with Crippen molar-refractivity contribution in [2.45, 2.75) is 45.3 Å². The van der Waals surface area contributed by atoms with Gasteiger partial charge in [-0.25, -0.2) is 8.78 Å². The number of halogens is 2. The second kappa shape index (κ2) is 5.55. The Morgan fingerprint density at radius 1 is 1.37 bits per heavy atom. The van der Waals surface area contributed by atoms with Crippen molar-refractivity contribution in [2.24, 2.45) is 0 Å². The average Bonchev–Trinajstić information content (AvgIpc) is 2.38. The number of hydrogen-bond acceptors (Lipinski definition) is 2. The van der Waals surface area contributed by atoms with Crippen LogP contribution < -0.4 is 5.32 Å². The first-order valence-electron chi connectivity index (χ1n) is 6.87. The summed E-state index contributed by atoms with van der Waals surface area (Å²) >= 11 is 0. The summed E-state index contributed by atoms with van der Waals surface area (Å²) in [7, 11) is 0. The van der Waals surface area contributed by atoms with Crippen molar-refractivity contribution in [3.63, 3.8) is 0 Å². The number of rotatable bonds is 3. The molecule has 2 unspecified atom stereocenters. The van der Waals surface area contributed by atoms with E-state index < -0.39 is 11.6 Å². The summed E-state index contributed by atoms with van der Waals surface area (Å²) < 4.78 is 27.6. The number of benzene rings is 1. The fourth-order valence-corrected chi connectivity index (χ4v) is 2.60. The van der Waals surface area contributed by atoms with Crippen LogP contribution in [0.3, 0.4) is 0 Å². The second-order valence-electron chi connectivity index (χ2n) is 5.71. The Morgan fingerprint density at radius 3 is 2.58 bits per heavy atom. The summed E-state index contributed by atoms with van der Waals surface area (Å²) in [4.78, 5) is 2.19. The standard InChI is InChI=1S/C15H22F2N2/c1-4-15(3)10-18-11(2)8-19(15)9-12-13(16)6-5-7-14(12)17/h5-7,11,18H,4,8-10H2,1-3H3. The van der Waals surface area contributed by atoms with Crippen LogP contribution in [-0.4, -0.2) is 29.6 Å². The van der Waals surface area contributed by atoms with Crippen LogP contribution >= 0.6 is 0 Å². The maximum Gasteiger partial charge on any atom is 0.130 e. The summed E-state index contributed by atoms with van der Waals surface area (Å²) in [6, 6.07) is 4.41. The van der Waals surface area contributed by atoms with Gasteiger partial charge in [0, 0.05) is 36.8 Å². The summed E-state index contributed by atoms with van der Waals surface area (Å²) in [5, 5.41) is 3.44. The first-order valence-corrected chi connectivity index (χ1v) is 6.87. The molecule has 4 heteroatoms. The molecule has 1 fully saturated rings. The third-order valence-electron chi connectivity index (χ3n) is 4.26. The smallest absolute Gasteiger partial charge is 0.130 e. The molecule has 106 valence electrons. The van der Waals surface area contributed by atoms with Crippen molar-refractivity contribution in [1.82, 2.24) is 10.2 Å². The monoisotopic (exact) mass is 268 g/mol. The molecule has 2 atom stereocenters. The minimum atomic E-state index is -0.454. The molecule has 0 aliphatic carbocycles. The van der Waals surface area contributed by atoms with Crippen molar-refractivity contribution in [3.8, 4) is 0 Å². The Morgan fingerprint density at radius 2 is 2.00 bits per heavy atom. The summed E-state index contributed by atoms with van der Waals surface area (Å²) in [5.41, 5.74) is 0.123. The largest absolute Gasteiger partial charge is 0.311 e. The summed E-state index contributed by atoms with van der Waals surface area (Å²) in [6.07, 6.45) is 0.947. The van der Waals surface area contributed by atoms with Crippen LogP contribution in [0.5, 0.6) is 0 Å². The molecule has 0 radical (unpaired) electrons. The molecule has 1 aromatic rings. The van der Waals surface area contributed by atoms with Crippen molar-refractivity contribution in [3.05, 3.63) is 35.4 Å². The van der Waals surface area contributed by atoms with Crippen molar-refractivity contribution >= 4 is 0 Å². The second-order valence-corrected chi connectivity index (χ2v) is 5.71. The van der Waals surface area contributed by atoms with Gasteiger partial charge in [-0.15, -0.1) is 0 Å². The lowest BCUT2D eigenvalue weighted by molar-refractivity contribution is 0.0434. The van der Waals surface area contributed by atoms with E-state index in [4.69, 9.17) is 0 Å². The number of hydrogen-bond donors (Lipinski definition) is 1. The van der Waals surface area contributed by atoms with Gasteiger partial charge in [0.1, 0.15) is 11.6 Å². The Bertz CT molecular complexity index is 430. The Kier molecular flexibility index (Phi) is 4.21. The van der Waals surface area contributed by atoms with Crippen LogP contribution in [0.4, 0.5) is 8.78 Å².